The summed E-state index contributed by atoms with van der Waals surface area (Å²) in [6.45, 7) is 4.95. The molecule has 1 aromatic rings. The number of nitro benzene ring substituents is 1. The predicted molar refractivity (Wildman–Crippen MR) is 82.1 cm³/mol. The largest absolute Gasteiger partial charge is 0.494 e. The van der Waals surface area contributed by atoms with Crippen molar-refractivity contribution in [2.45, 2.75) is 20.8 Å². The van der Waals surface area contributed by atoms with Gasteiger partial charge in [0.25, 0.3) is 5.69 Å². The molecule has 0 saturated heterocycles. The Labute approximate surface area is 133 Å². The molecule has 0 heterocycles. The number of ether oxygens (including phenoxy) is 1. The van der Waals surface area contributed by atoms with Gasteiger partial charge in [0.05, 0.1) is 17.6 Å². The van der Waals surface area contributed by atoms with Crippen LogP contribution in [0.25, 0.3) is 5.76 Å². The number of rotatable bonds is 4. The van der Waals surface area contributed by atoms with E-state index in [0.29, 0.717) is 0 Å². The van der Waals surface area contributed by atoms with Gasteiger partial charge in [-0.2, -0.15) is 5.26 Å². The van der Waals surface area contributed by atoms with E-state index >= 15 is 0 Å². The highest BCUT2D eigenvalue weighted by Gasteiger charge is 2.31. The van der Waals surface area contributed by atoms with Crippen LogP contribution < -0.4 is 0 Å². The molecule has 7 heteroatoms. The summed E-state index contributed by atoms with van der Waals surface area (Å²) < 4.78 is 5.13. The number of hydrogen-bond donors (Lipinski definition) is 0. The van der Waals surface area contributed by atoms with Crippen molar-refractivity contribution in [2.24, 2.45) is 5.41 Å². The quantitative estimate of drug-likeness (QED) is 0.277. The molecule has 1 aromatic carbocycles. The second kappa shape index (κ2) is 6.58. The van der Waals surface area contributed by atoms with Gasteiger partial charge < -0.3 is 4.74 Å². The van der Waals surface area contributed by atoms with Crippen molar-refractivity contribution < 1.29 is 14.5 Å². The van der Waals surface area contributed by atoms with Crippen LogP contribution in [0.3, 0.4) is 0 Å². The fourth-order valence-corrected chi connectivity index (χ4v) is 1.94. The number of nitrogens with zero attached hydrogens (tertiary/aromatic N) is 2. The highest BCUT2D eigenvalue weighted by molar-refractivity contribution is 6.30. The minimum absolute atomic E-state index is 0.0334. The maximum absolute atomic E-state index is 12.4. The van der Waals surface area contributed by atoms with Crippen LogP contribution in [0.15, 0.2) is 23.8 Å². The monoisotopic (exact) mass is 322 g/mol. The summed E-state index contributed by atoms with van der Waals surface area (Å²) in [6.07, 6.45) is 0. The highest BCUT2D eigenvalue weighted by Crippen LogP contribution is 2.33. The molecule has 0 aromatic heterocycles. The molecular weight excluding hydrogens is 308 g/mol. The van der Waals surface area contributed by atoms with E-state index < -0.39 is 16.1 Å². The van der Waals surface area contributed by atoms with Crippen molar-refractivity contribution in [3.05, 3.63) is 44.5 Å². The lowest BCUT2D eigenvalue weighted by molar-refractivity contribution is -0.385. The van der Waals surface area contributed by atoms with Crippen molar-refractivity contribution in [3.63, 3.8) is 0 Å². The SMILES string of the molecule is CO/C(=C(/C#N)C(=O)C(C)(C)C)c1ccc(Cl)cc1[N+](=O)[O-]. The number of ketones is 1. The van der Waals surface area contributed by atoms with E-state index in [1.165, 1.54) is 19.2 Å². The molecule has 0 aliphatic heterocycles. The predicted octanol–water partition coefficient (Wildman–Crippen LogP) is 3.74. The Morgan fingerprint density at radius 1 is 1.41 bits per heavy atom. The van der Waals surface area contributed by atoms with Gasteiger partial charge in [-0.25, -0.2) is 0 Å². The van der Waals surface area contributed by atoms with Crippen molar-refractivity contribution >= 4 is 28.8 Å². The molecule has 0 spiro atoms. The lowest BCUT2D eigenvalue weighted by Gasteiger charge is -2.18. The number of nitro groups is 1. The number of halogens is 1. The summed E-state index contributed by atoms with van der Waals surface area (Å²) in [5, 5.41) is 20.6. The van der Waals surface area contributed by atoms with Crippen molar-refractivity contribution in [1.82, 2.24) is 0 Å². The minimum Gasteiger partial charge on any atom is -0.494 e. The molecule has 0 unspecified atom stereocenters. The number of carbonyl (C=O) groups is 1. The Balaban J connectivity index is 3.68. The topological polar surface area (TPSA) is 93.2 Å². The third kappa shape index (κ3) is 3.62. The van der Waals surface area contributed by atoms with Gasteiger partial charge >= 0.3 is 0 Å². The number of carbonyl (C=O) groups excluding carboxylic acids is 1. The first-order valence-electron chi connectivity index (χ1n) is 6.31. The average molecular weight is 323 g/mol. The van der Waals surface area contributed by atoms with Gasteiger partial charge in [0.15, 0.2) is 11.5 Å². The third-order valence-corrected chi connectivity index (χ3v) is 3.09. The van der Waals surface area contributed by atoms with Crippen LogP contribution in [0.5, 0.6) is 0 Å². The van der Waals surface area contributed by atoms with Crippen LogP contribution in [-0.2, 0) is 9.53 Å². The van der Waals surface area contributed by atoms with E-state index in [1.54, 1.807) is 26.8 Å². The first-order valence-corrected chi connectivity index (χ1v) is 6.68. The fourth-order valence-electron chi connectivity index (χ4n) is 1.77. The van der Waals surface area contributed by atoms with Gasteiger partial charge in [-0.3, -0.25) is 14.9 Å². The molecule has 6 nitrogen and oxygen atoms in total. The van der Waals surface area contributed by atoms with Crippen molar-refractivity contribution in [2.75, 3.05) is 7.11 Å². The van der Waals surface area contributed by atoms with E-state index in [0.717, 1.165) is 6.07 Å². The first-order chi connectivity index (χ1) is 10.1. The summed E-state index contributed by atoms with van der Waals surface area (Å²) in [7, 11) is 1.25. The average Bonchev–Trinajstić information content (AvgIpc) is 2.43. The van der Waals surface area contributed by atoms with Crippen LogP contribution in [0.1, 0.15) is 26.3 Å². The summed E-state index contributed by atoms with van der Waals surface area (Å²) in [6, 6.07) is 5.72. The van der Waals surface area contributed by atoms with Gasteiger partial charge in [0.2, 0.25) is 0 Å². The summed E-state index contributed by atoms with van der Waals surface area (Å²) in [5.41, 5.74) is -1.39. The van der Waals surface area contributed by atoms with Crippen molar-refractivity contribution in [1.29, 1.82) is 5.26 Å². The Hall–Kier alpha value is -2.39. The molecule has 22 heavy (non-hydrogen) atoms. The van der Waals surface area contributed by atoms with Crippen LogP contribution >= 0.6 is 11.6 Å². The molecule has 1 rings (SSSR count). The highest BCUT2D eigenvalue weighted by atomic mass is 35.5. The molecule has 0 bridgehead atoms. The smallest absolute Gasteiger partial charge is 0.281 e. The molecule has 0 N–H and O–H groups in total. The lowest BCUT2D eigenvalue weighted by atomic mass is 9.85. The molecule has 116 valence electrons. The second-order valence-electron chi connectivity index (χ2n) is 5.52. The molecule has 0 amide bonds. The standard InChI is InChI=1S/C15H15ClN2O4/c1-15(2,3)14(19)11(8-17)13(22-4)10-6-5-9(16)7-12(10)18(20)21/h5-7H,1-4H3/b13-11-. The van der Waals surface area contributed by atoms with E-state index in [2.05, 4.69) is 0 Å². The van der Waals surface area contributed by atoms with Crippen molar-refractivity contribution in [3.8, 4) is 6.07 Å². The van der Waals surface area contributed by atoms with E-state index in [4.69, 9.17) is 16.3 Å². The van der Waals surface area contributed by atoms with Crippen LogP contribution in [0.4, 0.5) is 5.69 Å². The normalized spacial score (nSPS) is 12.2. The van der Waals surface area contributed by atoms with E-state index in [-0.39, 0.29) is 27.6 Å². The fraction of sp³-hybridized carbons (Fsp3) is 0.333. The second-order valence-corrected chi connectivity index (χ2v) is 5.95. The van der Waals surface area contributed by atoms with Crippen LogP contribution in [0.2, 0.25) is 5.02 Å². The minimum atomic E-state index is -0.823. The molecular formula is C15H15ClN2O4. The Morgan fingerprint density at radius 3 is 2.41 bits per heavy atom. The molecule has 0 fully saturated rings. The molecule has 0 saturated carbocycles. The summed E-state index contributed by atoms with van der Waals surface area (Å²) in [4.78, 5) is 22.9. The van der Waals surface area contributed by atoms with Gasteiger partial charge in [0, 0.05) is 16.5 Å². The van der Waals surface area contributed by atoms with Gasteiger partial charge in [0.1, 0.15) is 11.6 Å². The Kier molecular flexibility index (Phi) is 5.28. The summed E-state index contributed by atoms with van der Waals surface area (Å²) >= 11 is 5.76. The number of Topliss-reactive ketones (excluding diaryl/α,β-unsaturated/α-hetero) is 1. The van der Waals surface area contributed by atoms with Gasteiger partial charge in [-0.1, -0.05) is 32.4 Å². The molecule has 0 radical (unpaired) electrons. The zero-order valence-corrected chi connectivity index (χ0v) is 13.4. The number of hydrogen-bond acceptors (Lipinski definition) is 5. The molecule has 0 aliphatic rings. The van der Waals surface area contributed by atoms with Gasteiger partial charge in [-0.05, 0) is 12.1 Å². The van der Waals surface area contributed by atoms with E-state index in [9.17, 15) is 20.2 Å². The first kappa shape index (κ1) is 17.7. The Bertz CT molecular complexity index is 696. The van der Waals surface area contributed by atoms with E-state index in [1.807, 2.05) is 0 Å². The maximum Gasteiger partial charge on any atom is 0.281 e. The Morgan fingerprint density at radius 2 is 2.00 bits per heavy atom. The number of allylic oxidation sites excluding steroid dienone is 1. The number of benzene rings is 1. The lowest BCUT2D eigenvalue weighted by Crippen LogP contribution is -2.22. The maximum atomic E-state index is 12.4. The number of methoxy groups -OCH3 is 1. The van der Waals surface area contributed by atoms with Crippen LogP contribution in [-0.4, -0.2) is 17.8 Å². The van der Waals surface area contributed by atoms with Gasteiger partial charge in [-0.15, -0.1) is 0 Å². The zero-order valence-electron chi connectivity index (χ0n) is 12.6. The zero-order chi connectivity index (χ0) is 17.1. The molecule has 0 aliphatic carbocycles. The molecule has 0 atom stereocenters. The van der Waals surface area contributed by atoms with Crippen LogP contribution in [0, 0.1) is 26.9 Å². The summed E-state index contributed by atoms with van der Waals surface area (Å²) in [5.74, 6) is -0.595. The number of nitriles is 1. The third-order valence-electron chi connectivity index (χ3n) is 2.85.